The Bertz CT molecular complexity index is 444. The Morgan fingerprint density at radius 2 is 1.94 bits per heavy atom. The highest BCUT2D eigenvalue weighted by Gasteiger charge is 2.24. The zero-order chi connectivity index (χ0) is 13.7. The van der Waals surface area contributed by atoms with Crippen molar-refractivity contribution in [3.05, 3.63) is 34.9 Å². The molecular weight excluding hydrogens is 256 g/mol. The highest BCUT2D eigenvalue weighted by Crippen LogP contribution is 2.15. The van der Waals surface area contributed by atoms with Gasteiger partial charge in [-0.25, -0.2) is 4.79 Å². The molecule has 4 nitrogen and oxygen atoms in total. The summed E-state index contributed by atoms with van der Waals surface area (Å²) in [4.78, 5) is 23.1. The van der Waals surface area contributed by atoms with Crippen LogP contribution in [0, 0.1) is 5.92 Å². The molecule has 0 saturated heterocycles. The van der Waals surface area contributed by atoms with Gasteiger partial charge in [0.05, 0.1) is 18.6 Å². The van der Waals surface area contributed by atoms with Crippen molar-refractivity contribution in [1.82, 2.24) is 0 Å². The fourth-order valence-electron chi connectivity index (χ4n) is 1.33. The molecule has 98 valence electrons. The van der Waals surface area contributed by atoms with Crippen LogP contribution >= 0.6 is 11.6 Å². The molecule has 0 spiro atoms. The fourth-order valence-corrected chi connectivity index (χ4v) is 1.52. The Morgan fingerprint density at radius 3 is 2.50 bits per heavy atom. The number of carbonyl (C=O) groups excluding carboxylic acids is 2. The third-order valence-corrected chi connectivity index (χ3v) is 2.87. The van der Waals surface area contributed by atoms with E-state index in [1.165, 1.54) is 13.2 Å². The first-order chi connectivity index (χ1) is 8.45. The molecule has 1 aromatic carbocycles. The molecule has 0 aliphatic heterocycles. The van der Waals surface area contributed by atoms with Crippen LogP contribution in [-0.2, 0) is 14.3 Å². The summed E-state index contributed by atoms with van der Waals surface area (Å²) in [6.45, 7) is 3.28. The summed E-state index contributed by atoms with van der Waals surface area (Å²) >= 11 is 5.78. The Kier molecular flexibility index (Phi) is 5.16. The average Bonchev–Trinajstić information content (AvgIpc) is 2.36. The van der Waals surface area contributed by atoms with Crippen LogP contribution in [0.4, 0.5) is 0 Å². The van der Waals surface area contributed by atoms with Crippen molar-refractivity contribution in [3.8, 4) is 0 Å². The first kappa shape index (κ1) is 14.5. The number of carbonyl (C=O) groups is 2. The van der Waals surface area contributed by atoms with Gasteiger partial charge in [0.2, 0.25) is 0 Å². The molecule has 0 radical (unpaired) electrons. The number of methoxy groups -OCH3 is 1. The van der Waals surface area contributed by atoms with Gasteiger partial charge in [0.25, 0.3) is 0 Å². The Hall–Kier alpha value is -1.55. The SMILES string of the molecule is COC(=O)C(C)C(C)OC(=O)c1cccc(Cl)c1. The van der Waals surface area contributed by atoms with Crippen molar-refractivity contribution in [3.63, 3.8) is 0 Å². The summed E-state index contributed by atoms with van der Waals surface area (Å²) in [5.41, 5.74) is 0.353. The number of ether oxygens (including phenoxy) is 2. The lowest BCUT2D eigenvalue weighted by Crippen LogP contribution is -2.29. The summed E-state index contributed by atoms with van der Waals surface area (Å²) < 4.78 is 9.77. The first-order valence-corrected chi connectivity index (χ1v) is 5.88. The lowest BCUT2D eigenvalue weighted by Gasteiger charge is -2.18. The molecule has 18 heavy (non-hydrogen) atoms. The van der Waals surface area contributed by atoms with E-state index >= 15 is 0 Å². The highest BCUT2D eigenvalue weighted by molar-refractivity contribution is 6.30. The molecule has 0 saturated carbocycles. The fraction of sp³-hybridized carbons (Fsp3) is 0.385. The molecule has 1 aromatic rings. The minimum Gasteiger partial charge on any atom is -0.469 e. The second-order valence-corrected chi connectivity index (χ2v) is 4.37. The van der Waals surface area contributed by atoms with Gasteiger partial charge in [-0.1, -0.05) is 17.7 Å². The van der Waals surface area contributed by atoms with Crippen LogP contribution < -0.4 is 0 Å². The number of rotatable bonds is 4. The van der Waals surface area contributed by atoms with E-state index in [9.17, 15) is 9.59 Å². The van der Waals surface area contributed by atoms with E-state index in [0.717, 1.165) is 0 Å². The quantitative estimate of drug-likeness (QED) is 0.790. The Balaban J connectivity index is 2.68. The molecule has 2 atom stereocenters. The summed E-state index contributed by atoms with van der Waals surface area (Å²) in [6, 6.07) is 6.44. The van der Waals surface area contributed by atoms with Crippen molar-refractivity contribution < 1.29 is 19.1 Å². The van der Waals surface area contributed by atoms with E-state index in [4.69, 9.17) is 16.3 Å². The van der Waals surface area contributed by atoms with Crippen molar-refractivity contribution in [2.24, 2.45) is 5.92 Å². The largest absolute Gasteiger partial charge is 0.469 e. The molecule has 0 heterocycles. The van der Waals surface area contributed by atoms with Gasteiger partial charge < -0.3 is 9.47 Å². The maximum Gasteiger partial charge on any atom is 0.338 e. The Morgan fingerprint density at radius 1 is 1.28 bits per heavy atom. The molecule has 0 bridgehead atoms. The lowest BCUT2D eigenvalue weighted by molar-refractivity contribution is -0.148. The highest BCUT2D eigenvalue weighted by atomic mass is 35.5. The monoisotopic (exact) mass is 270 g/mol. The van der Waals surface area contributed by atoms with Crippen LogP contribution in [-0.4, -0.2) is 25.2 Å². The van der Waals surface area contributed by atoms with E-state index in [2.05, 4.69) is 4.74 Å². The van der Waals surface area contributed by atoms with Crippen LogP contribution in [0.3, 0.4) is 0 Å². The molecule has 5 heteroatoms. The number of hydrogen-bond acceptors (Lipinski definition) is 4. The van der Waals surface area contributed by atoms with Crippen LogP contribution in [0.2, 0.25) is 5.02 Å². The molecule has 0 N–H and O–H groups in total. The summed E-state index contributed by atoms with van der Waals surface area (Å²) in [6.07, 6.45) is -0.566. The summed E-state index contributed by atoms with van der Waals surface area (Å²) in [5.74, 6) is -1.44. The maximum atomic E-state index is 11.8. The molecule has 0 amide bonds. The van der Waals surface area contributed by atoms with Crippen LogP contribution in [0.25, 0.3) is 0 Å². The third kappa shape index (κ3) is 3.74. The van der Waals surface area contributed by atoms with Gasteiger partial charge in [-0.05, 0) is 32.0 Å². The number of benzene rings is 1. The van der Waals surface area contributed by atoms with Gasteiger partial charge >= 0.3 is 11.9 Å². The van der Waals surface area contributed by atoms with Crippen LogP contribution in [0.5, 0.6) is 0 Å². The second-order valence-electron chi connectivity index (χ2n) is 3.93. The lowest BCUT2D eigenvalue weighted by atomic mass is 10.1. The normalized spacial score (nSPS) is 13.6. The van der Waals surface area contributed by atoms with Gasteiger partial charge in [0.1, 0.15) is 6.10 Å². The van der Waals surface area contributed by atoms with Gasteiger partial charge in [0.15, 0.2) is 0 Å². The van der Waals surface area contributed by atoms with E-state index in [0.29, 0.717) is 10.6 Å². The molecule has 0 aliphatic carbocycles. The molecular formula is C13H15ClO4. The van der Waals surface area contributed by atoms with Crippen molar-refractivity contribution in [2.75, 3.05) is 7.11 Å². The molecule has 2 unspecified atom stereocenters. The van der Waals surface area contributed by atoms with Gasteiger partial charge in [-0.15, -0.1) is 0 Å². The standard InChI is InChI=1S/C13H15ClO4/c1-8(12(15)17-3)9(2)18-13(16)10-5-4-6-11(14)7-10/h4-9H,1-3H3. The van der Waals surface area contributed by atoms with Crippen LogP contribution in [0.15, 0.2) is 24.3 Å². The summed E-state index contributed by atoms with van der Waals surface area (Å²) in [5, 5.41) is 0.457. The van der Waals surface area contributed by atoms with E-state index < -0.39 is 24.0 Å². The average molecular weight is 271 g/mol. The first-order valence-electron chi connectivity index (χ1n) is 5.50. The number of esters is 2. The van der Waals surface area contributed by atoms with Gasteiger partial charge in [0, 0.05) is 5.02 Å². The van der Waals surface area contributed by atoms with E-state index in [1.54, 1.807) is 32.0 Å². The van der Waals surface area contributed by atoms with Gasteiger partial charge in [-0.2, -0.15) is 0 Å². The third-order valence-electron chi connectivity index (χ3n) is 2.63. The zero-order valence-electron chi connectivity index (χ0n) is 10.5. The molecule has 0 aromatic heterocycles. The smallest absolute Gasteiger partial charge is 0.338 e. The topological polar surface area (TPSA) is 52.6 Å². The van der Waals surface area contributed by atoms with Crippen molar-refractivity contribution in [1.29, 1.82) is 0 Å². The van der Waals surface area contributed by atoms with E-state index in [-0.39, 0.29) is 0 Å². The minimum atomic E-state index is -0.566. The summed E-state index contributed by atoms with van der Waals surface area (Å²) in [7, 11) is 1.30. The molecule has 0 fully saturated rings. The molecule has 1 rings (SSSR count). The van der Waals surface area contributed by atoms with Gasteiger partial charge in [-0.3, -0.25) is 4.79 Å². The predicted molar refractivity (Wildman–Crippen MR) is 67.5 cm³/mol. The predicted octanol–water partition coefficient (Wildman–Crippen LogP) is 2.69. The van der Waals surface area contributed by atoms with Crippen molar-refractivity contribution >= 4 is 23.5 Å². The van der Waals surface area contributed by atoms with E-state index in [1.807, 2.05) is 0 Å². The number of hydrogen-bond donors (Lipinski definition) is 0. The second kappa shape index (κ2) is 6.40. The molecule has 0 aliphatic rings. The van der Waals surface area contributed by atoms with Crippen LogP contribution in [0.1, 0.15) is 24.2 Å². The number of halogens is 1. The minimum absolute atomic E-state index is 0.353. The maximum absolute atomic E-state index is 11.8. The van der Waals surface area contributed by atoms with Crippen molar-refractivity contribution in [2.45, 2.75) is 20.0 Å². The zero-order valence-corrected chi connectivity index (χ0v) is 11.2. The Labute approximate surface area is 111 Å².